The van der Waals surface area contributed by atoms with Gasteiger partial charge < -0.3 is 5.73 Å². The van der Waals surface area contributed by atoms with Gasteiger partial charge in [0.1, 0.15) is 0 Å². The van der Waals surface area contributed by atoms with Gasteiger partial charge in [0.25, 0.3) is 0 Å². The highest BCUT2D eigenvalue weighted by atomic mass is 14.9. The Hall–Kier alpha value is -0.530. The van der Waals surface area contributed by atoms with E-state index >= 15 is 0 Å². The Morgan fingerprint density at radius 3 is 2.20 bits per heavy atom. The molecule has 2 nitrogen and oxygen atoms in total. The molecule has 0 aromatic carbocycles. The van der Waals surface area contributed by atoms with Crippen molar-refractivity contribution in [2.45, 2.75) is 57.8 Å². The predicted octanol–water partition coefficient (Wildman–Crippen LogP) is 3.11. The summed E-state index contributed by atoms with van der Waals surface area (Å²) in [6, 6.07) is 0. The molecule has 2 fully saturated rings. The summed E-state index contributed by atoms with van der Waals surface area (Å²) in [5, 5.41) is 0. The molecule has 0 saturated heterocycles. The van der Waals surface area contributed by atoms with Crippen LogP contribution in [0.2, 0.25) is 0 Å². The molecule has 0 bridgehead atoms. The molecule has 2 N–H and O–H groups in total. The fourth-order valence-electron chi connectivity index (χ4n) is 2.95. The van der Waals surface area contributed by atoms with Gasteiger partial charge >= 0.3 is 0 Å². The third-order valence-electron chi connectivity index (χ3n) is 4.03. The highest BCUT2D eigenvalue weighted by Crippen LogP contribution is 2.26. The van der Waals surface area contributed by atoms with Crippen molar-refractivity contribution in [3.05, 3.63) is 0 Å². The highest BCUT2D eigenvalue weighted by Gasteiger charge is 2.18. The van der Waals surface area contributed by atoms with Gasteiger partial charge in [0, 0.05) is 12.5 Å². The maximum Gasteiger partial charge on any atom is 0.0968 e. The Balaban J connectivity index is 1.77. The minimum Gasteiger partial charge on any atom is -0.387 e. The minimum atomic E-state index is 0.611. The van der Waals surface area contributed by atoms with Gasteiger partial charge in [-0.3, -0.25) is 4.99 Å². The third-order valence-corrected chi connectivity index (χ3v) is 4.03. The van der Waals surface area contributed by atoms with E-state index in [0.717, 1.165) is 18.3 Å². The lowest BCUT2D eigenvalue weighted by molar-refractivity contribution is 0.435. The van der Waals surface area contributed by atoms with E-state index in [1.165, 1.54) is 57.8 Å². The fourth-order valence-corrected chi connectivity index (χ4v) is 2.95. The Morgan fingerprint density at radius 1 is 0.933 bits per heavy atom. The number of rotatable bonds is 3. The molecule has 0 aromatic rings. The Bertz CT molecular complexity index is 211. The van der Waals surface area contributed by atoms with Crippen molar-refractivity contribution in [3.63, 3.8) is 0 Å². The lowest BCUT2D eigenvalue weighted by Crippen LogP contribution is -2.26. The molecule has 2 aliphatic carbocycles. The van der Waals surface area contributed by atoms with Gasteiger partial charge in [0.05, 0.1) is 5.84 Å². The topological polar surface area (TPSA) is 38.4 Å². The van der Waals surface area contributed by atoms with Crippen molar-refractivity contribution in [1.82, 2.24) is 0 Å². The number of hydrogen-bond acceptors (Lipinski definition) is 1. The molecular formula is C13H24N2. The van der Waals surface area contributed by atoms with Gasteiger partial charge in [-0.25, -0.2) is 0 Å². The molecular weight excluding hydrogens is 184 g/mol. The summed E-state index contributed by atoms with van der Waals surface area (Å²) in [5.41, 5.74) is 6.08. The van der Waals surface area contributed by atoms with Crippen LogP contribution in [0.1, 0.15) is 57.8 Å². The highest BCUT2D eigenvalue weighted by molar-refractivity contribution is 5.82. The van der Waals surface area contributed by atoms with Crippen LogP contribution in [-0.4, -0.2) is 12.4 Å². The molecule has 2 aliphatic rings. The van der Waals surface area contributed by atoms with E-state index < -0.39 is 0 Å². The molecule has 0 amide bonds. The van der Waals surface area contributed by atoms with Gasteiger partial charge in [-0.15, -0.1) is 0 Å². The molecule has 15 heavy (non-hydrogen) atoms. The van der Waals surface area contributed by atoms with Crippen molar-refractivity contribution in [1.29, 1.82) is 0 Å². The van der Waals surface area contributed by atoms with Crippen LogP contribution in [0.15, 0.2) is 4.99 Å². The summed E-state index contributed by atoms with van der Waals surface area (Å²) < 4.78 is 0. The fraction of sp³-hybridized carbons (Fsp3) is 0.923. The van der Waals surface area contributed by atoms with Crippen molar-refractivity contribution in [2.75, 3.05) is 6.54 Å². The molecule has 0 heterocycles. The molecule has 86 valence electrons. The first kappa shape index (κ1) is 11.0. The second kappa shape index (κ2) is 5.53. The van der Waals surface area contributed by atoms with Gasteiger partial charge in [0.15, 0.2) is 0 Å². The van der Waals surface area contributed by atoms with Gasteiger partial charge in [-0.2, -0.15) is 0 Å². The quantitative estimate of drug-likeness (QED) is 0.561. The molecule has 0 aliphatic heterocycles. The SMILES string of the molecule is NC(=NCC1CCCC1)C1CCCCC1. The number of aliphatic imine (C=N–C) groups is 1. The van der Waals surface area contributed by atoms with E-state index in [1.807, 2.05) is 0 Å². The maximum atomic E-state index is 6.08. The smallest absolute Gasteiger partial charge is 0.0968 e. The lowest BCUT2D eigenvalue weighted by atomic mass is 9.88. The van der Waals surface area contributed by atoms with Crippen molar-refractivity contribution < 1.29 is 0 Å². The summed E-state index contributed by atoms with van der Waals surface area (Å²) >= 11 is 0. The zero-order valence-electron chi connectivity index (χ0n) is 9.75. The van der Waals surface area contributed by atoms with Crippen LogP contribution < -0.4 is 5.73 Å². The van der Waals surface area contributed by atoms with Gasteiger partial charge in [-0.05, 0) is 31.6 Å². The zero-order chi connectivity index (χ0) is 10.5. The number of nitrogens with zero attached hydrogens (tertiary/aromatic N) is 1. The summed E-state index contributed by atoms with van der Waals surface area (Å²) in [4.78, 5) is 4.62. The second-order valence-electron chi connectivity index (χ2n) is 5.25. The van der Waals surface area contributed by atoms with Crippen LogP contribution in [0.3, 0.4) is 0 Å². The molecule has 0 atom stereocenters. The van der Waals surface area contributed by atoms with E-state index in [-0.39, 0.29) is 0 Å². The zero-order valence-corrected chi connectivity index (χ0v) is 9.75. The molecule has 0 aromatic heterocycles. The van der Waals surface area contributed by atoms with E-state index in [4.69, 9.17) is 5.73 Å². The molecule has 2 rings (SSSR count). The first-order valence-electron chi connectivity index (χ1n) is 6.66. The van der Waals surface area contributed by atoms with Crippen LogP contribution in [0.5, 0.6) is 0 Å². The Kier molecular flexibility index (Phi) is 4.04. The molecule has 2 saturated carbocycles. The Labute approximate surface area is 93.3 Å². The average molecular weight is 208 g/mol. The molecule has 2 heteroatoms. The predicted molar refractivity (Wildman–Crippen MR) is 65.0 cm³/mol. The van der Waals surface area contributed by atoms with Crippen molar-refractivity contribution >= 4 is 5.84 Å². The second-order valence-corrected chi connectivity index (χ2v) is 5.25. The van der Waals surface area contributed by atoms with E-state index in [9.17, 15) is 0 Å². The number of amidine groups is 1. The third kappa shape index (κ3) is 3.22. The van der Waals surface area contributed by atoms with Crippen molar-refractivity contribution in [3.8, 4) is 0 Å². The minimum absolute atomic E-state index is 0.611. The largest absolute Gasteiger partial charge is 0.387 e. The van der Waals surface area contributed by atoms with Crippen LogP contribution in [0.25, 0.3) is 0 Å². The molecule has 0 spiro atoms. The summed E-state index contributed by atoms with van der Waals surface area (Å²) in [7, 11) is 0. The van der Waals surface area contributed by atoms with Gasteiger partial charge in [-0.1, -0.05) is 32.1 Å². The first-order chi connectivity index (χ1) is 7.36. The Morgan fingerprint density at radius 2 is 1.53 bits per heavy atom. The maximum absolute atomic E-state index is 6.08. The normalized spacial score (nSPS) is 26.0. The van der Waals surface area contributed by atoms with Crippen LogP contribution in [0, 0.1) is 11.8 Å². The van der Waals surface area contributed by atoms with Crippen LogP contribution >= 0.6 is 0 Å². The standard InChI is InChI=1S/C13H24N2/c14-13(12-8-2-1-3-9-12)15-10-11-6-4-5-7-11/h11-12H,1-10H2,(H2,14,15). The van der Waals surface area contributed by atoms with E-state index in [0.29, 0.717) is 5.92 Å². The van der Waals surface area contributed by atoms with Crippen molar-refractivity contribution in [2.24, 2.45) is 22.6 Å². The van der Waals surface area contributed by atoms with Crippen LogP contribution in [-0.2, 0) is 0 Å². The van der Waals surface area contributed by atoms with Gasteiger partial charge in [0.2, 0.25) is 0 Å². The van der Waals surface area contributed by atoms with E-state index in [1.54, 1.807) is 0 Å². The molecule has 0 unspecified atom stereocenters. The monoisotopic (exact) mass is 208 g/mol. The lowest BCUT2D eigenvalue weighted by Gasteiger charge is -2.21. The average Bonchev–Trinajstić information content (AvgIpc) is 2.80. The number of hydrogen-bond donors (Lipinski definition) is 1. The first-order valence-corrected chi connectivity index (χ1v) is 6.66. The molecule has 0 radical (unpaired) electrons. The van der Waals surface area contributed by atoms with E-state index in [2.05, 4.69) is 4.99 Å². The van der Waals surface area contributed by atoms with Crippen LogP contribution in [0.4, 0.5) is 0 Å². The summed E-state index contributed by atoms with van der Waals surface area (Å²) in [6.07, 6.45) is 12.2. The summed E-state index contributed by atoms with van der Waals surface area (Å²) in [6.45, 7) is 1.00. The number of nitrogens with two attached hydrogens (primary N) is 1. The summed E-state index contributed by atoms with van der Waals surface area (Å²) in [5.74, 6) is 2.41.